The zero-order valence-electron chi connectivity index (χ0n) is 27.6. The van der Waals surface area contributed by atoms with Crippen molar-refractivity contribution in [3.05, 3.63) is 118 Å². The predicted octanol–water partition coefficient (Wildman–Crippen LogP) is 12.3. The van der Waals surface area contributed by atoms with Crippen LogP contribution in [-0.2, 0) is 40.2 Å². The van der Waals surface area contributed by atoms with E-state index in [9.17, 15) is 36.6 Å². The van der Waals surface area contributed by atoms with E-state index >= 15 is 0 Å². The van der Waals surface area contributed by atoms with Crippen LogP contribution in [0.15, 0.2) is 94.9 Å². The van der Waals surface area contributed by atoms with Crippen LogP contribution in [0.1, 0.15) is 74.9 Å². The van der Waals surface area contributed by atoms with Crippen molar-refractivity contribution in [2.45, 2.75) is 64.7 Å². The molecule has 0 atom stereocenters. The molecule has 0 spiro atoms. The van der Waals surface area contributed by atoms with E-state index in [4.69, 9.17) is 18.6 Å². The minimum atomic E-state index is -4.47. The first-order valence-electron chi connectivity index (χ1n) is 14.6. The number of nitrogens with zero attached hydrogens (tertiary/aromatic N) is 2. The number of rotatable bonds is 4. The maximum atomic E-state index is 13.0. The van der Waals surface area contributed by atoms with Crippen molar-refractivity contribution in [3.8, 4) is 11.5 Å². The molecular formula is C36H36Cl2F6N2O2Ti. The fourth-order valence-electron chi connectivity index (χ4n) is 4.47. The van der Waals surface area contributed by atoms with Crippen molar-refractivity contribution in [3.63, 3.8) is 0 Å². The molecule has 0 aromatic heterocycles. The number of phenols is 2. The van der Waals surface area contributed by atoms with Gasteiger partial charge in [-0.05, 0) is 58.4 Å². The molecule has 4 aromatic rings. The molecular weight excluding hydrogens is 725 g/mol. The van der Waals surface area contributed by atoms with Crippen molar-refractivity contribution in [1.82, 2.24) is 0 Å². The number of phenolic OH excluding ortho intramolecular Hbond substituents is 2. The number of halogens is 8. The van der Waals surface area contributed by atoms with Crippen LogP contribution in [0.3, 0.4) is 0 Å². The first-order valence-corrected chi connectivity index (χ1v) is 18.9. The van der Waals surface area contributed by atoms with E-state index in [1.54, 1.807) is 36.4 Å². The standard InChI is InChI=1S/2C18H18F3NO.2ClH.Ti/c2*1-17(2,3)14-9-6-7-12(16(14)23)11-22-15-10-5-4-8-13(15)18(19,20)21;;;/h2*4-11,23H,1-3H3;2*1H;/q;;;;+2/p-2. The Morgan fingerprint density at radius 3 is 1.08 bits per heavy atom. The van der Waals surface area contributed by atoms with Gasteiger partial charge in [-0.3, -0.25) is 9.98 Å². The van der Waals surface area contributed by atoms with Gasteiger partial charge in [0.05, 0.1) is 22.5 Å². The van der Waals surface area contributed by atoms with E-state index in [1.807, 2.05) is 41.5 Å². The molecule has 0 aliphatic rings. The fraction of sp³-hybridized carbons (Fsp3) is 0.278. The number of alkyl halides is 6. The van der Waals surface area contributed by atoms with Crippen LogP contribution in [0.5, 0.6) is 11.5 Å². The monoisotopic (exact) mass is 760 g/mol. The summed E-state index contributed by atoms with van der Waals surface area (Å²) in [5, 5.41) is 20.6. The van der Waals surface area contributed by atoms with Gasteiger partial charge in [-0.2, -0.15) is 26.3 Å². The average Bonchev–Trinajstić information content (AvgIpc) is 2.99. The first-order chi connectivity index (χ1) is 22.6. The van der Waals surface area contributed by atoms with Crippen molar-refractivity contribution in [2.75, 3.05) is 0 Å². The topological polar surface area (TPSA) is 65.2 Å². The maximum absolute atomic E-state index is 13.0. The van der Waals surface area contributed by atoms with Gasteiger partial charge in [0.1, 0.15) is 11.5 Å². The molecule has 0 amide bonds. The molecule has 0 aliphatic heterocycles. The molecule has 2 N–H and O–H groups in total. The third-order valence-electron chi connectivity index (χ3n) is 6.85. The minimum absolute atomic E-state index is 0.0354. The van der Waals surface area contributed by atoms with E-state index in [0.29, 0.717) is 22.3 Å². The quantitative estimate of drug-likeness (QED) is 0.124. The Hall–Kier alpha value is -3.31. The van der Waals surface area contributed by atoms with Crippen molar-refractivity contribution in [1.29, 1.82) is 0 Å². The van der Waals surface area contributed by atoms with Gasteiger partial charge < -0.3 is 10.2 Å². The van der Waals surface area contributed by atoms with Crippen LogP contribution < -0.4 is 0 Å². The summed E-state index contributed by atoms with van der Waals surface area (Å²) in [5.41, 5.74) is -0.332. The Bertz CT molecular complexity index is 1620. The molecule has 13 heteroatoms. The molecule has 0 heterocycles. The van der Waals surface area contributed by atoms with E-state index in [2.05, 4.69) is 9.98 Å². The Morgan fingerprint density at radius 2 is 0.796 bits per heavy atom. The fourth-order valence-corrected chi connectivity index (χ4v) is 4.47. The van der Waals surface area contributed by atoms with E-state index in [-0.39, 0.29) is 33.7 Å². The van der Waals surface area contributed by atoms with Gasteiger partial charge in [-0.1, -0.05) is 90.1 Å². The van der Waals surface area contributed by atoms with Gasteiger partial charge in [-0.25, -0.2) is 0 Å². The van der Waals surface area contributed by atoms with Crippen molar-refractivity contribution in [2.24, 2.45) is 9.98 Å². The summed E-state index contributed by atoms with van der Waals surface area (Å²) in [6.45, 7) is 11.7. The van der Waals surface area contributed by atoms with Crippen molar-refractivity contribution < 1.29 is 53.6 Å². The zero-order valence-corrected chi connectivity index (χ0v) is 30.6. The van der Waals surface area contributed by atoms with Gasteiger partial charge in [0.2, 0.25) is 0 Å². The van der Waals surface area contributed by atoms with Crippen LogP contribution in [-0.4, -0.2) is 22.6 Å². The molecule has 0 fully saturated rings. The molecule has 4 aromatic carbocycles. The summed E-state index contributed by atoms with van der Waals surface area (Å²) in [7, 11) is 9.78. The van der Waals surface area contributed by atoms with Crippen LogP contribution in [0.25, 0.3) is 0 Å². The summed E-state index contributed by atoms with van der Waals surface area (Å²) in [6, 6.07) is 20.5. The van der Waals surface area contributed by atoms with Gasteiger partial charge >= 0.3 is 48.0 Å². The molecule has 0 bridgehead atoms. The van der Waals surface area contributed by atoms with Crippen LogP contribution in [0.4, 0.5) is 37.7 Å². The second-order valence-electron chi connectivity index (χ2n) is 12.6. The summed E-state index contributed by atoms with van der Waals surface area (Å²) < 4.78 is 77.7. The third-order valence-corrected chi connectivity index (χ3v) is 6.85. The Kier molecular flexibility index (Phi) is 15.0. The summed E-state index contributed by atoms with van der Waals surface area (Å²) in [5.74, 6) is 0.0708. The molecule has 0 saturated carbocycles. The normalized spacial score (nSPS) is 12.3. The number of benzene rings is 4. The van der Waals surface area contributed by atoms with Crippen molar-refractivity contribution >= 4 is 42.4 Å². The third kappa shape index (κ3) is 12.5. The molecule has 4 nitrogen and oxygen atoms in total. The molecule has 49 heavy (non-hydrogen) atoms. The van der Waals surface area contributed by atoms with Gasteiger partial charge in [-0.15, -0.1) is 0 Å². The molecule has 262 valence electrons. The molecule has 0 radical (unpaired) electrons. The average molecular weight is 761 g/mol. The van der Waals surface area contributed by atoms with Gasteiger partial charge in [0.15, 0.2) is 0 Å². The number of hydrogen-bond donors (Lipinski definition) is 2. The molecule has 0 saturated heterocycles. The zero-order chi connectivity index (χ0) is 37.2. The van der Waals surface area contributed by atoms with E-state index in [1.165, 1.54) is 48.8 Å². The Balaban J connectivity index is 0.000000315. The molecule has 0 unspecified atom stereocenters. The Morgan fingerprint density at radius 1 is 0.510 bits per heavy atom. The summed E-state index contributed by atoms with van der Waals surface area (Å²) >= 11 is -0.556. The van der Waals surface area contributed by atoms with E-state index in [0.717, 1.165) is 12.1 Å². The number of aliphatic imine (C=N–C) groups is 2. The van der Waals surface area contributed by atoms with Gasteiger partial charge in [0, 0.05) is 23.6 Å². The van der Waals surface area contributed by atoms with Gasteiger partial charge in [0.25, 0.3) is 0 Å². The number of aromatic hydroxyl groups is 2. The second kappa shape index (κ2) is 17.6. The summed E-state index contributed by atoms with van der Waals surface area (Å²) in [4.78, 5) is 7.84. The van der Waals surface area contributed by atoms with Crippen LogP contribution >= 0.6 is 18.6 Å². The number of para-hydroxylation sites is 4. The number of hydrogen-bond acceptors (Lipinski definition) is 4. The van der Waals surface area contributed by atoms with Crippen LogP contribution in [0.2, 0.25) is 0 Å². The second-order valence-corrected chi connectivity index (χ2v) is 15.2. The van der Waals surface area contributed by atoms with Crippen LogP contribution in [0, 0.1) is 0 Å². The predicted molar refractivity (Wildman–Crippen MR) is 183 cm³/mol. The first kappa shape index (κ1) is 41.9. The van der Waals surface area contributed by atoms with E-state index < -0.39 is 40.5 Å². The summed E-state index contributed by atoms with van der Waals surface area (Å²) in [6.07, 6.45) is -6.42. The molecule has 0 aliphatic carbocycles. The molecule has 4 rings (SSSR count). The Labute approximate surface area is 299 Å². The SMILES string of the molecule is CC(C)(C)c1cccc(C=Nc2ccccc2C(F)(F)F)c1O.CC(C)(C)c1cccc(C=Nc2ccccc2C(F)(F)F)c1O.[Cl][Ti][Cl].